The van der Waals surface area contributed by atoms with Crippen LogP contribution in [0.5, 0.6) is 0 Å². The largest absolute Gasteiger partial charge is 0.317 e. The van der Waals surface area contributed by atoms with Gasteiger partial charge in [0.25, 0.3) is 0 Å². The Morgan fingerprint density at radius 3 is 2.14 bits per heavy atom. The van der Waals surface area contributed by atoms with Crippen molar-refractivity contribution in [2.24, 2.45) is 0 Å². The first-order chi connectivity index (χ1) is 6.45. The minimum Gasteiger partial charge on any atom is -0.263 e. The Morgan fingerprint density at radius 2 is 1.64 bits per heavy atom. The van der Waals surface area contributed by atoms with E-state index < -0.39 is 34.3 Å². The van der Waals surface area contributed by atoms with E-state index in [1.807, 2.05) is 0 Å². The maximum absolute atomic E-state index is 12.7. The van der Waals surface area contributed by atoms with Crippen LogP contribution in [0.25, 0.3) is 0 Å². The van der Waals surface area contributed by atoms with Crippen LogP contribution in [0.1, 0.15) is 10.4 Å². The quantitative estimate of drug-likeness (QED) is 0.396. The SMILES string of the molecule is O=C(c1ccc(F)c(F)c1F)N(F)F. The van der Waals surface area contributed by atoms with E-state index in [-0.39, 0.29) is 0 Å². The molecule has 76 valence electrons. The van der Waals surface area contributed by atoms with E-state index in [1.54, 1.807) is 0 Å². The topological polar surface area (TPSA) is 20.3 Å². The van der Waals surface area contributed by atoms with Crippen LogP contribution in [-0.2, 0) is 0 Å². The van der Waals surface area contributed by atoms with Crippen LogP contribution in [0.4, 0.5) is 22.1 Å². The Morgan fingerprint density at radius 1 is 1.07 bits per heavy atom. The van der Waals surface area contributed by atoms with Gasteiger partial charge in [0, 0.05) is 5.34 Å². The Kier molecular flexibility index (Phi) is 2.68. The van der Waals surface area contributed by atoms with Gasteiger partial charge >= 0.3 is 5.91 Å². The van der Waals surface area contributed by atoms with Crippen LogP contribution in [-0.4, -0.2) is 11.3 Å². The van der Waals surface area contributed by atoms with Crippen molar-refractivity contribution in [1.82, 2.24) is 5.34 Å². The molecule has 7 heteroatoms. The second-order valence-corrected chi connectivity index (χ2v) is 2.26. The highest BCUT2D eigenvalue weighted by atomic mass is 19.4. The van der Waals surface area contributed by atoms with Crippen LogP contribution in [0.15, 0.2) is 12.1 Å². The molecule has 0 saturated carbocycles. The summed E-state index contributed by atoms with van der Waals surface area (Å²) < 4.78 is 60.7. The summed E-state index contributed by atoms with van der Waals surface area (Å²) in [6, 6.07) is 0.817. The van der Waals surface area contributed by atoms with E-state index in [4.69, 9.17) is 0 Å². The lowest BCUT2D eigenvalue weighted by Gasteiger charge is -2.03. The summed E-state index contributed by atoms with van der Waals surface area (Å²) in [7, 11) is 0. The minimum atomic E-state index is -2.04. The minimum absolute atomic E-state index is 0.384. The average Bonchev–Trinajstić information content (AvgIpc) is 2.13. The maximum Gasteiger partial charge on any atom is 0.317 e. The molecule has 0 aliphatic rings. The fourth-order valence-corrected chi connectivity index (χ4v) is 0.782. The number of carbonyl (C=O) groups is 1. The van der Waals surface area contributed by atoms with E-state index in [0.29, 0.717) is 12.1 Å². The zero-order chi connectivity index (χ0) is 10.9. The van der Waals surface area contributed by atoms with Crippen molar-refractivity contribution in [3.05, 3.63) is 35.1 Å². The van der Waals surface area contributed by atoms with Gasteiger partial charge in [-0.1, -0.05) is 8.96 Å². The van der Waals surface area contributed by atoms with Gasteiger partial charge in [-0.2, -0.15) is 0 Å². The second kappa shape index (κ2) is 3.60. The Bertz CT molecular complexity index is 379. The van der Waals surface area contributed by atoms with Crippen molar-refractivity contribution in [3.63, 3.8) is 0 Å². The predicted octanol–water partition coefficient (Wildman–Crippen LogP) is 2.32. The van der Waals surface area contributed by atoms with Crippen molar-refractivity contribution < 1.29 is 26.9 Å². The molecular formula is C7H2F5NO. The number of rotatable bonds is 1. The summed E-state index contributed by atoms with van der Waals surface area (Å²) in [5.41, 5.74) is -1.23. The summed E-state index contributed by atoms with van der Waals surface area (Å²) in [6.07, 6.45) is 0. The Hall–Kier alpha value is -1.66. The zero-order valence-electron chi connectivity index (χ0n) is 6.40. The van der Waals surface area contributed by atoms with E-state index in [1.165, 1.54) is 0 Å². The molecule has 0 unspecified atom stereocenters. The molecule has 0 saturated heterocycles. The molecule has 1 amide bonds. The smallest absolute Gasteiger partial charge is 0.263 e. The van der Waals surface area contributed by atoms with Crippen molar-refractivity contribution in [1.29, 1.82) is 0 Å². The summed E-state index contributed by atoms with van der Waals surface area (Å²) >= 11 is 0. The third-order valence-corrected chi connectivity index (χ3v) is 1.42. The molecule has 1 aromatic carbocycles. The molecule has 0 bridgehead atoms. The molecule has 0 N–H and O–H groups in total. The van der Waals surface area contributed by atoms with Gasteiger partial charge in [-0.05, 0) is 12.1 Å². The normalized spacial score (nSPS) is 10.1. The van der Waals surface area contributed by atoms with Gasteiger partial charge in [0.15, 0.2) is 17.5 Å². The number of hydrogen-bond acceptors (Lipinski definition) is 1. The Labute approximate surface area is 74.4 Å². The first-order valence-electron chi connectivity index (χ1n) is 3.24. The molecule has 1 rings (SSSR count). The molecular weight excluding hydrogens is 209 g/mol. The van der Waals surface area contributed by atoms with Gasteiger partial charge in [-0.3, -0.25) is 4.79 Å². The lowest BCUT2D eigenvalue weighted by molar-refractivity contribution is -0.109. The summed E-state index contributed by atoms with van der Waals surface area (Å²) in [4.78, 5) is 10.5. The number of benzene rings is 1. The Balaban J connectivity index is 3.24. The highest BCUT2D eigenvalue weighted by Crippen LogP contribution is 2.17. The summed E-state index contributed by atoms with van der Waals surface area (Å²) in [5.74, 6) is -7.49. The number of halogens is 5. The van der Waals surface area contributed by atoms with Crippen LogP contribution in [0, 0.1) is 17.5 Å². The number of amides is 1. The van der Waals surface area contributed by atoms with Gasteiger partial charge in [0.05, 0.1) is 5.56 Å². The molecule has 0 aromatic heterocycles. The fraction of sp³-hybridized carbons (Fsp3) is 0. The van der Waals surface area contributed by atoms with E-state index in [2.05, 4.69) is 0 Å². The van der Waals surface area contributed by atoms with Crippen molar-refractivity contribution in [2.45, 2.75) is 0 Å². The first kappa shape index (κ1) is 10.4. The predicted molar refractivity (Wildman–Crippen MR) is 34.7 cm³/mol. The lowest BCUT2D eigenvalue weighted by Crippen LogP contribution is -2.16. The standard InChI is InChI=1S/C7H2F5NO/c8-4-2-1-3(5(9)6(4)10)7(14)13(11)12/h1-2H. The molecule has 0 aliphatic carbocycles. The fourth-order valence-electron chi connectivity index (χ4n) is 0.782. The molecule has 14 heavy (non-hydrogen) atoms. The van der Waals surface area contributed by atoms with Crippen LogP contribution >= 0.6 is 0 Å². The van der Waals surface area contributed by atoms with Crippen LogP contribution < -0.4 is 0 Å². The van der Waals surface area contributed by atoms with Gasteiger partial charge in [-0.15, -0.1) is 0 Å². The van der Waals surface area contributed by atoms with Gasteiger partial charge in [0.1, 0.15) is 0 Å². The molecule has 0 spiro atoms. The monoisotopic (exact) mass is 211 g/mol. The van der Waals surface area contributed by atoms with Crippen molar-refractivity contribution >= 4 is 5.91 Å². The molecule has 0 heterocycles. The maximum atomic E-state index is 12.7. The third kappa shape index (κ3) is 1.66. The van der Waals surface area contributed by atoms with Crippen molar-refractivity contribution in [2.75, 3.05) is 0 Å². The van der Waals surface area contributed by atoms with Crippen LogP contribution in [0.2, 0.25) is 0 Å². The van der Waals surface area contributed by atoms with Crippen LogP contribution in [0.3, 0.4) is 0 Å². The van der Waals surface area contributed by atoms with Gasteiger partial charge in [0.2, 0.25) is 0 Å². The van der Waals surface area contributed by atoms with Gasteiger partial charge < -0.3 is 0 Å². The highest BCUT2D eigenvalue weighted by molar-refractivity contribution is 5.93. The number of hydrogen-bond donors (Lipinski definition) is 0. The molecule has 0 radical (unpaired) electrons. The van der Waals surface area contributed by atoms with E-state index in [0.717, 1.165) is 0 Å². The van der Waals surface area contributed by atoms with Crippen molar-refractivity contribution in [3.8, 4) is 0 Å². The highest BCUT2D eigenvalue weighted by Gasteiger charge is 2.23. The second-order valence-electron chi connectivity index (χ2n) is 2.26. The number of nitrogens with zero attached hydrogens (tertiary/aromatic N) is 1. The average molecular weight is 211 g/mol. The molecule has 0 atom stereocenters. The van der Waals surface area contributed by atoms with Gasteiger partial charge in [-0.25, -0.2) is 13.2 Å². The molecule has 0 aliphatic heterocycles. The summed E-state index contributed by atoms with van der Waals surface area (Å²) in [5, 5.41) is -1.92. The third-order valence-electron chi connectivity index (χ3n) is 1.42. The summed E-state index contributed by atoms with van der Waals surface area (Å²) in [6.45, 7) is 0. The lowest BCUT2D eigenvalue weighted by atomic mass is 10.2. The van der Waals surface area contributed by atoms with E-state index >= 15 is 0 Å². The van der Waals surface area contributed by atoms with E-state index in [9.17, 15) is 26.9 Å². The number of carbonyl (C=O) groups excluding carboxylic acids is 1. The molecule has 1 aromatic rings. The molecule has 2 nitrogen and oxygen atoms in total. The first-order valence-corrected chi connectivity index (χ1v) is 3.24. The molecule has 0 fully saturated rings. The zero-order valence-corrected chi connectivity index (χ0v) is 6.40.